The normalized spacial score (nSPS) is 16.2. The number of aromatic nitrogens is 2. The van der Waals surface area contributed by atoms with E-state index in [1.165, 1.54) is 11.3 Å². The van der Waals surface area contributed by atoms with Crippen LogP contribution in [0.3, 0.4) is 0 Å². The Kier molecular flexibility index (Phi) is 8.41. The largest absolute Gasteiger partial charge is 0.333 e. The highest BCUT2D eigenvalue weighted by atomic mass is 35.5. The zero-order valence-corrected chi connectivity index (χ0v) is 15.7. The molecule has 0 saturated carbocycles. The van der Waals surface area contributed by atoms with Crippen molar-refractivity contribution in [1.82, 2.24) is 20.2 Å². The summed E-state index contributed by atoms with van der Waals surface area (Å²) in [6, 6.07) is 5.94. The van der Waals surface area contributed by atoms with Crippen LogP contribution in [-0.2, 0) is 4.79 Å². The van der Waals surface area contributed by atoms with Crippen LogP contribution in [0.25, 0.3) is 0 Å². The minimum absolute atomic E-state index is 0. The fourth-order valence-electron chi connectivity index (χ4n) is 2.73. The Morgan fingerprint density at radius 3 is 2.96 bits per heavy atom. The summed E-state index contributed by atoms with van der Waals surface area (Å²) in [5.41, 5.74) is 0.934. The van der Waals surface area contributed by atoms with Gasteiger partial charge in [-0.2, -0.15) is 0 Å². The third-order valence-electron chi connectivity index (χ3n) is 3.68. The zero-order valence-electron chi connectivity index (χ0n) is 13.3. The number of carbonyl (C=O) groups is 1. The Balaban J connectivity index is 0.00000144. The fourth-order valence-corrected chi connectivity index (χ4v) is 3.26. The number of carbonyl (C=O) groups excluding carboxylic acids is 1. The zero-order chi connectivity index (χ0) is 15.4. The highest BCUT2D eigenvalue weighted by Gasteiger charge is 2.30. The number of nitrogens with zero attached hydrogens (tertiary/aromatic N) is 3. The molecule has 24 heavy (non-hydrogen) atoms. The number of hydrogen-bond acceptors (Lipinski definition) is 6. The van der Waals surface area contributed by atoms with Crippen LogP contribution in [-0.4, -0.2) is 40.9 Å². The molecule has 1 aliphatic rings. The van der Waals surface area contributed by atoms with Crippen molar-refractivity contribution in [3.63, 3.8) is 0 Å². The molecule has 1 unspecified atom stereocenters. The molecule has 132 valence electrons. The lowest BCUT2D eigenvalue weighted by atomic mass is 10.1. The summed E-state index contributed by atoms with van der Waals surface area (Å²) in [6.07, 6.45) is 3.74. The van der Waals surface area contributed by atoms with Gasteiger partial charge in [0.25, 0.3) is 0 Å². The van der Waals surface area contributed by atoms with Crippen LogP contribution in [0.2, 0.25) is 0 Å². The van der Waals surface area contributed by atoms with E-state index in [4.69, 9.17) is 0 Å². The van der Waals surface area contributed by atoms with Gasteiger partial charge in [-0.25, -0.2) is 9.97 Å². The Morgan fingerprint density at radius 1 is 1.42 bits per heavy atom. The van der Waals surface area contributed by atoms with Gasteiger partial charge in [-0.1, -0.05) is 6.07 Å². The van der Waals surface area contributed by atoms with E-state index in [0.29, 0.717) is 6.54 Å². The average Bonchev–Trinajstić information content (AvgIpc) is 3.19. The smallest absolute Gasteiger partial charge is 0.237 e. The third kappa shape index (κ3) is 4.80. The second-order valence-corrected chi connectivity index (χ2v) is 6.08. The average molecular weight is 390 g/mol. The van der Waals surface area contributed by atoms with Gasteiger partial charge in [0.15, 0.2) is 5.13 Å². The van der Waals surface area contributed by atoms with Crippen LogP contribution in [0.4, 0.5) is 10.9 Å². The molecule has 0 radical (unpaired) electrons. The van der Waals surface area contributed by atoms with E-state index in [2.05, 4.69) is 20.6 Å². The summed E-state index contributed by atoms with van der Waals surface area (Å²) < 4.78 is 0. The maximum Gasteiger partial charge on any atom is 0.237 e. The summed E-state index contributed by atoms with van der Waals surface area (Å²) in [4.78, 5) is 23.0. The van der Waals surface area contributed by atoms with Gasteiger partial charge in [0.1, 0.15) is 5.82 Å². The van der Waals surface area contributed by atoms with Gasteiger partial charge in [-0.15, -0.1) is 36.2 Å². The topological polar surface area (TPSA) is 70.2 Å². The first kappa shape index (κ1) is 20.6. The van der Waals surface area contributed by atoms with Crippen LogP contribution in [0.15, 0.2) is 29.8 Å². The van der Waals surface area contributed by atoms with Crippen LogP contribution < -0.4 is 10.6 Å². The molecule has 3 heterocycles. The Hall–Kier alpha value is -1.41. The molecule has 2 aromatic rings. The molecule has 1 fully saturated rings. The maximum atomic E-state index is 12.2. The number of likely N-dealkylation sites (tertiary alicyclic amines) is 1. The highest BCUT2D eigenvalue weighted by molar-refractivity contribution is 7.13. The molecular weight excluding hydrogens is 369 g/mol. The molecule has 6 nitrogen and oxygen atoms in total. The molecule has 1 amide bonds. The van der Waals surface area contributed by atoms with Crippen molar-refractivity contribution in [3.8, 4) is 0 Å². The molecule has 3 rings (SSSR count). The second kappa shape index (κ2) is 9.78. The second-order valence-electron chi connectivity index (χ2n) is 5.19. The SMILES string of the molecule is CNCC(=O)N1CCCC1c1cccc(Nc2nccs2)n1.Cl.Cl. The number of nitrogens with one attached hydrogen (secondary N) is 2. The molecule has 0 spiro atoms. The van der Waals surface area contributed by atoms with E-state index in [0.717, 1.165) is 36.0 Å². The number of pyridine rings is 1. The first-order valence-corrected chi connectivity index (χ1v) is 8.23. The van der Waals surface area contributed by atoms with Crippen molar-refractivity contribution in [2.75, 3.05) is 25.5 Å². The van der Waals surface area contributed by atoms with Crippen LogP contribution in [0.1, 0.15) is 24.6 Å². The van der Waals surface area contributed by atoms with Gasteiger partial charge < -0.3 is 15.5 Å². The number of amides is 1. The maximum absolute atomic E-state index is 12.2. The molecule has 9 heteroatoms. The van der Waals surface area contributed by atoms with Crippen molar-refractivity contribution in [2.45, 2.75) is 18.9 Å². The van der Waals surface area contributed by atoms with Gasteiger partial charge in [-0.05, 0) is 32.0 Å². The minimum Gasteiger partial charge on any atom is -0.333 e. The summed E-state index contributed by atoms with van der Waals surface area (Å²) in [5, 5.41) is 8.86. The predicted octanol–water partition coefficient (Wildman–Crippen LogP) is 3.01. The third-order valence-corrected chi connectivity index (χ3v) is 4.37. The first-order valence-electron chi connectivity index (χ1n) is 7.35. The van der Waals surface area contributed by atoms with Gasteiger partial charge in [0.05, 0.1) is 18.3 Å². The molecule has 0 aliphatic carbocycles. The number of hydrogen-bond donors (Lipinski definition) is 2. The van der Waals surface area contributed by atoms with Crippen molar-refractivity contribution in [3.05, 3.63) is 35.5 Å². The van der Waals surface area contributed by atoms with E-state index in [-0.39, 0.29) is 36.8 Å². The lowest BCUT2D eigenvalue weighted by Crippen LogP contribution is -2.36. The van der Waals surface area contributed by atoms with Crippen molar-refractivity contribution >= 4 is 53.0 Å². The Bertz CT molecular complexity index is 641. The summed E-state index contributed by atoms with van der Waals surface area (Å²) in [6.45, 7) is 1.17. The summed E-state index contributed by atoms with van der Waals surface area (Å²) in [7, 11) is 1.79. The molecule has 1 atom stereocenters. The van der Waals surface area contributed by atoms with Gasteiger partial charge in [-0.3, -0.25) is 4.79 Å². The molecule has 0 bridgehead atoms. The van der Waals surface area contributed by atoms with Gasteiger partial charge in [0.2, 0.25) is 5.91 Å². The summed E-state index contributed by atoms with van der Waals surface area (Å²) in [5.74, 6) is 0.894. The Labute approximate surface area is 157 Å². The van der Waals surface area contributed by atoms with E-state index >= 15 is 0 Å². The van der Waals surface area contributed by atoms with Crippen LogP contribution >= 0.6 is 36.2 Å². The standard InChI is InChI=1S/C15H19N5OS.2ClH/c1-16-10-14(21)20-8-3-5-12(20)11-4-2-6-13(18-11)19-15-17-7-9-22-15;;/h2,4,6-7,9,12,16H,3,5,8,10H2,1H3,(H,17,18,19);2*1H. The highest BCUT2D eigenvalue weighted by Crippen LogP contribution is 2.31. The van der Waals surface area contributed by atoms with E-state index < -0.39 is 0 Å². The number of anilines is 2. The van der Waals surface area contributed by atoms with Gasteiger partial charge >= 0.3 is 0 Å². The summed E-state index contributed by atoms with van der Waals surface area (Å²) >= 11 is 1.53. The van der Waals surface area contributed by atoms with Crippen LogP contribution in [0.5, 0.6) is 0 Å². The molecule has 2 N–H and O–H groups in total. The lowest BCUT2D eigenvalue weighted by Gasteiger charge is -2.24. The number of thiazole rings is 1. The van der Waals surface area contributed by atoms with E-state index in [1.54, 1.807) is 13.2 Å². The van der Waals surface area contributed by atoms with E-state index in [1.807, 2.05) is 28.5 Å². The number of halogens is 2. The van der Waals surface area contributed by atoms with Crippen molar-refractivity contribution in [1.29, 1.82) is 0 Å². The predicted molar refractivity (Wildman–Crippen MR) is 102 cm³/mol. The number of likely N-dealkylation sites (N-methyl/N-ethyl adjacent to an activating group) is 1. The number of rotatable bonds is 5. The monoisotopic (exact) mass is 389 g/mol. The first-order chi connectivity index (χ1) is 10.8. The molecular formula is C15H21Cl2N5OS. The molecule has 1 aliphatic heterocycles. The fraction of sp³-hybridized carbons (Fsp3) is 0.400. The quantitative estimate of drug-likeness (QED) is 0.822. The van der Waals surface area contributed by atoms with E-state index in [9.17, 15) is 4.79 Å². The van der Waals surface area contributed by atoms with Gasteiger partial charge in [0, 0.05) is 18.1 Å². The molecule has 2 aromatic heterocycles. The van der Waals surface area contributed by atoms with Crippen molar-refractivity contribution in [2.24, 2.45) is 0 Å². The molecule has 1 saturated heterocycles. The van der Waals surface area contributed by atoms with Crippen LogP contribution in [0, 0.1) is 0 Å². The lowest BCUT2D eigenvalue weighted by molar-refractivity contribution is -0.131. The molecule has 0 aromatic carbocycles. The minimum atomic E-state index is 0. The Morgan fingerprint density at radius 2 is 2.25 bits per heavy atom. The van der Waals surface area contributed by atoms with Crippen molar-refractivity contribution < 1.29 is 4.79 Å².